The van der Waals surface area contributed by atoms with E-state index in [2.05, 4.69) is 34.6 Å². The van der Waals surface area contributed by atoms with Crippen molar-refractivity contribution in [1.29, 1.82) is 0 Å². The van der Waals surface area contributed by atoms with Gasteiger partial charge in [-0.15, -0.1) is 21.5 Å². The fourth-order valence-corrected chi connectivity index (χ4v) is 3.35. The first kappa shape index (κ1) is 13.9. The van der Waals surface area contributed by atoms with Crippen LogP contribution in [-0.2, 0) is 0 Å². The number of hydrogen-bond acceptors (Lipinski definition) is 5. The van der Waals surface area contributed by atoms with Gasteiger partial charge in [0.2, 0.25) is 5.13 Å². The highest BCUT2D eigenvalue weighted by Crippen LogP contribution is 2.28. The van der Waals surface area contributed by atoms with E-state index in [1.165, 1.54) is 28.2 Å². The van der Waals surface area contributed by atoms with Crippen molar-refractivity contribution >= 4 is 33.7 Å². The molecule has 3 rings (SSSR count). The third kappa shape index (κ3) is 3.17. The smallest absolute Gasteiger partial charge is 0.267 e. The number of anilines is 1. The van der Waals surface area contributed by atoms with E-state index in [1.807, 2.05) is 29.6 Å². The number of benzene rings is 1. The van der Waals surface area contributed by atoms with Crippen LogP contribution in [0.5, 0.6) is 0 Å². The molecule has 2 aromatic heterocycles. The second-order valence-corrected chi connectivity index (χ2v) is 6.47. The molecule has 0 spiro atoms. The van der Waals surface area contributed by atoms with Gasteiger partial charge in [-0.1, -0.05) is 54.7 Å². The number of nitrogens with one attached hydrogen (secondary N) is 1. The van der Waals surface area contributed by atoms with Crippen molar-refractivity contribution < 1.29 is 4.79 Å². The Bertz CT molecular complexity index is 722. The van der Waals surface area contributed by atoms with Gasteiger partial charge in [0.25, 0.3) is 5.91 Å². The lowest BCUT2D eigenvalue weighted by Gasteiger charge is -2.06. The largest absolute Gasteiger partial charge is 0.296 e. The van der Waals surface area contributed by atoms with Gasteiger partial charge in [0.05, 0.1) is 4.88 Å². The molecule has 2 heterocycles. The van der Waals surface area contributed by atoms with Crippen LogP contribution >= 0.6 is 22.7 Å². The maximum Gasteiger partial charge on any atom is 0.267 e. The molecule has 4 nitrogen and oxygen atoms in total. The highest BCUT2D eigenvalue weighted by atomic mass is 32.1. The van der Waals surface area contributed by atoms with Gasteiger partial charge in [-0.25, -0.2) is 0 Å². The Morgan fingerprint density at radius 3 is 2.67 bits per heavy atom. The molecule has 106 valence electrons. The number of hydrogen-bond donors (Lipinski definition) is 1. The van der Waals surface area contributed by atoms with Crippen molar-refractivity contribution in [3.63, 3.8) is 0 Å². The molecule has 0 fully saturated rings. The number of carbonyl (C=O) groups excluding carboxylic acids is 1. The lowest BCUT2D eigenvalue weighted by Crippen LogP contribution is -2.09. The predicted molar refractivity (Wildman–Crippen MR) is 86.1 cm³/mol. The van der Waals surface area contributed by atoms with Crippen molar-refractivity contribution in [2.24, 2.45) is 0 Å². The zero-order valence-electron chi connectivity index (χ0n) is 11.3. The topological polar surface area (TPSA) is 54.9 Å². The fourth-order valence-electron chi connectivity index (χ4n) is 1.91. The molecule has 1 N–H and O–H groups in total. The Morgan fingerprint density at radius 2 is 1.95 bits per heavy atom. The first-order valence-electron chi connectivity index (χ1n) is 6.47. The third-order valence-corrected chi connectivity index (χ3v) is 4.97. The molecule has 0 unspecified atom stereocenters. The van der Waals surface area contributed by atoms with Gasteiger partial charge >= 0.3 is 0 Å². The van der Waals surface area contributed by atoms with Crippen LogP contribution in [0.25, 0.3) is 0 Å². The molecule has 0 saturated heterocycles. The zero-order chi connectivity index (χ0) is 14.7. The highest BCUT2D eigenvalue weighted by Gasteiger charge is 2.15. The van der Waals surface area contributed by atoms with Crippen molar-refractivity contribution in [3.8, 4) is 0 Å². The minimum atomic E-state index is -0.139. The van der Waals surface area contributed by atoms with Crippen LogP contribution in [-0.4, -0.2) is 16.1 Å². The Hall–Kier alpha value is -2.05. The van der Waals surface area contributed by atoms with Gasteiger partial charge in [-0.05, 0) is 17.0 Å². The van der Waals surface area contributed by atoms with Gasteiger partial charge < -0.3 is 0 Å². The van der Waals surface area contributed by atoms with Crippen molar-refractivity contribution in [1.82, 2.24) is 10.2 Å². The number of carbonyl (C=O) groups is 1. The second kappa shape index (κ2) is 6.15. The summed E-state index contributed by atoms with van der Waals surface area (Å²) in [4.78, 5) is 12.6. The SMILES string of the molecule is C[C@@H](c1ccccc1)c1nnc(NC(=O)c2cccs2)s1. The van der Waals surface area contributed by atoms with Crippen LogP contribution < -0.4 is 5.32 Å². The van der Waals surface area contributed by atoms with Crippen LogP contribution in [0, 0.1) is 0 Å². The van der Waals surface area contributed by atoms with Crippen molar-refractivity contribution in [2.75, 3.05) is 5.32 Å². The Kier molecular flexibility index (Phi) is 4.08. The molecule has 0 aliphatic rings. The van der Waals surface area contributed by atoms with Crippen molar-refractivity contribution in [3.05, 3.63) is 63.3 Å². The van der Waals surface area contributed by atoms with E-state index in [4.69, 9.17) is 0 Å². The number of aromatic nitrogens is 2. The van der Waals surface area contributed by atoms with E-state index >= 15 is 0 Å². The Balaban J connectivity index is 1.73. The number of rotatable bonds is 4. The molecule has 6 heteroatoms. The molecule has 0 aliphatic heterocycles. The molecular formula is C15H13N3OS2. The van der Waals surface area contributed by atoms with E-state index in [-0.39, 0.29) is 11.8 Å². The monoisotopic (exact) mass is 315 g/mol. The van der Waals surface area contributed by atoms with E-state index in [0.717, 1.165) is 5.01 Å². The molecule has 1 amide bonds. The quantitative estimate of drug-likeness (QED) is 0.791. The summed E-state index contributed by atoms with van der Waals surface area (Å²) >= 11 is 2.82. The highest BCUT2D eigenvalue weighted by molar-refractivity contribution is 7.15. The van der Waals surface area contributed by atoms with Crippen LogP contribution in [0.3, 0.4) is 0 Å². The summed E-state index contributed by atoms with van der Waals surface area (Å²) in [5, 5.41) is 14.3. The average molecular weight is 315 g/mol. The zero-order valence-corrected chi connectivity index (χ0v) is 12.9. The normalized spacial score (nSPS) is 12.0. The van der Waals surface area contributed by atoms with Gasteiger partial charge in [0.15, 0.2) is 0 Å². The van der Waals surface area contributed by atoms with Gasteiger partial charge in [-0.3, -0.25) is 10.1 Å². The van der Waals surface area contributed by atoms with E-state index < -0.39 is 0 Å². The van der Waals surface area contributed by atoms with Gasteiger partial charge in [0, 0.05) is 5.92 Å². The average Bonchev–Trinajstić information content (AvgIpc) is 3.19. The first-order valence-corrected chi connectivity index (χ1v) is 8.17. The summed E-state index contributed by atoms with van der Waals surface area (Å²) in [6.07, 6.45) is 0. The molecule has 0 saturated carbocycles. The summed E-state index contributed by atoms with van der Waals surface area (Å²) < 4.78 is 0. The van der Waals surface area contributed by atoms with Gasteiger partial charge in [-0.2, -0.15) is 0 Å². The molecule has 1 aromatic carbocycles. The number of amides is 1. The fraction of sp³-hybridized carbons (Fsp3) is 0.133. The molecule has 0 aliphatic carbocycles. The molecule has 21 heavy (non-hydrogen) atoms. The van der Waals surface area contributed by atoms with E-state index in [0.29, 0.717) is 10.0 Å². The minimum absolute atomic E-state index is 0.139. The molecular weight excluding hydrogens is 302 g/mol. The molecule has 0 radical (unpaired) electrons. The summed E-state index contributed by atoms with van der Waals surface area (Å²) in [6, 6.07) is 13.8. The summed E-state index contributed by atoms with van der Waals surface area (Å²) in [6.45, 7) is 2.08. The van der Waals surface area contributed by atoms with E-state index in [9.17, 15) is 4.79 Å². The Labute approximate surface area is 130 Å². The van der Waals surface area contributed by atoms with Crippen LogP contribution in [0.4, 0.5) is 5.13 Å². The first-order chi connectivity index (χ1) is 10.2. The van der Waals surface area contributed by atoms with Crippen LogP contribution in [0.2, 0.25) is 0 Å². The predicted octanol–water partition coefficient (Wildman–Crippen LogP) is 4.00. The summed E-state index contributed by atoms with van der Waals surface area (Å²) in [7, 11) is 0. The van der Waals surface area contributed by atoms with E-state index in [1.54, 1.807) is 6.07 Å². The summed E-state index contributed by atoms with van der Waals surface area (Å²) in [5.74, 6) is 0.0242. The minimum Gasteiger partial charge on any atom is -0.296 e. The van der Waals surface area contributed by atoms with Crippen LogP contribution in [0.1, 0.15) is 33.1 Å². The Morgan fingerprint density at radius 1 is 1.14 bits per heavy atom. The number of nitrogens with zero attached hydrogens (tertiary/aromatic N) is 2. The van der Waals surface area contributed by atoms with Gasteiger partial charge in [0.1, 0.15) is 5.01 Å². The summed E-state index contributed by atoms with van der Waals surface area (Å²) in [5.41, 5.74) is 1.18. The van der Waals surface area contributed by atoms with Crippen LogP contribution in [0.15, 0.2) is 47.8 Å². The number of thiophene rings is 1. The maximum absolute atomic E-state index is 12.0. The molecule has 1 atom stereocenters. The molecule has 0 bridgehead atoms. The standard InChI is InChI=1S/C15H13N3OS2/c1-10(11-6-3-2-4-7-11)14-17-18-15(21-14)16-13(19)12-8-5-9-20-12/h2-10H,1H3,(H,16,18,19)/t10-/m0/s1. The lowest BCUT2D eigenvalue weighted by molar-refractivity contribution is 0.103. The second-order valence-electron chi connectivity index (χ2n) is 4.51. The maximum atomic E-state index is 12.0. The molecule has 3 aromatic rings. The lowest BCUT2D eigenvalue weighted by atomic mass is 10.0. The van der Waals surface area contributed by atoms with Crippen molar-refractivity contribution in [2.45, 2.75) is 12.8 Å². The third-order valence-electron chi connectivity index (χ3n) is 3.08.